The van der Waals surface area contributed by atoms with E-state index in [9.17, 15) is 4.79 Å². The number of urea groups is 1. The van der Waals surface area contributed by atoms with E-state index in [0.717, 1.165) is 29.1 Å². The highest BCUT2D eigenvalue weighted by molar-refractivity contribution is 5.89. The van der Waals surface area contributed by atoms with Gasteiger partial charge in [0.1, 0.15) is 0 Å². The number of likely N-dealkylation sites (tertiary alicyclic amines) is 1. The van der Waals surface area contributed by atoms with Gasteiger partial charge in [0.05, 0.1) is 11.7 Å². The number of carbonyl (C=O) groups is 1. The predicted molar refractivity (Wildman–Crippen MR) is 100 cm³/mol. The van der Waals surface area contributed by atoms with Gasteiger partial charge in [0, 0.05) is 30.0 Å². The fraction of sp³-hybridized carbons (Fsp3) is 0.368. The highest BCUT2D eigenvalue weighted by Gasteiger charge is 2.28. The lowest BCUT2D eigenvalue weighted by atomic mass is 10.2. The van der Waals surface area contributed by atoms with Crippen molar-refractivity contribution in [2.75, 3.05) is 18.4 Å². The van der Waals surface area contributed by atoms with Crippen LogP contribution in [0.25, 0.3) is 11.5 Å². The van der Waals surface area contributed by atoms with Gasteiger partial charge in [0.2, 0.25) is 0 Å². The molecule has 1 N–H and O–H groups in total. The Morgan fingerprint density at radius 2 is 2.00 bits per heavy atom. The molecule has 4 rings (SSSR count). The van der Waals surface area contributed by atoms with Crippen LogP contribution in [0.1, 0.15) is 29.7 Å². The van der Waals surface area contributed by atoms with Gasteiger partial charge in [0.15, 0.2) is 5.82 Å². The highest BCUT2D eigenvalue weighted by atomic mass is 16.5. The third kappa shape index (κ3) is 3.55. The first-order chi connectivity index (χ1) is 13.0. The van der Waals surface area contributed by atoms with Crippen molar-refractivity contribution in [1.29, 1.82) is 0 Å². The molecule has 1 fully saturated rings. The molecule has 8 heteroatoms. The number of anilines is 1. The molecule has 2 amide bonds. The smallest absolute Gasteiger partial charge is 0.321 e. The first-order valence-electron chi connectivity index (χ1n) is 8.99. The summed E-state index contributed by atoms with van der Waals surface area (Å²) in [5.74, 6) is 1.06. The van der Waals surface area contributed by atoms with Crippen molar-refractivity contribution >= 4 is 11.7 Å². The number of benzene rings is 1. The summed E-state index contributed by atoms with van der Waals surface area (Å²) in [6.07, 6.45) is 0.908. The van der Waals surface area contributed by atoms with E-state index in [0.29, 0.717) is 24.8 Å². The molecule has 1 aliphatic rings. The number of nitrogens with one attached hydrogen (secondary N) is 1. The van der Waals surface area contributed by atoms with Gasteiger partial charge in [-0.1, -0.05) is 5.16 Å². The normalized spacial score (nSPS) is 16.7. The molecule has 3 heterocycles. The second-order valence-corrected chi connectivity index (χ2v) is 6.91. The first-order valence-corrected chi connectivity index (χ1v) is 8.99. The molecule has 1 unspecified atom stereocenters. The molecule has 0 spiro atoms. The molecular formula is C19H22N6O2. The summed E-state index contributed by atoms with van der Waals surface area (Å²) in [7, 11) is 0. The molecule has 0 aliphatic carbocycles. The second kappa shape index (κ2) is 6.86. The minimum Gasteiger partial charge on any atom is -0.334 e. The monoisotopic (exact) mass is 366 g/mol. The van der Waals surface area contributed by atoms with E-state index < -0.39 is 0 Å². The molecule has 1 aliphatic heterocycles. The van der Waals surface area contributed by atoms with Crippen LogP contribution >= 0.6 is 0 Å². The number of carbonyl (C=O) groups excluding carboxylic acids is 1. The number of hydrogen-bond donors (Lipinski definition) is 1. The molecule has 1 aromatic carbocycles. The van der Waals surface area contributed by atoms with E-state index in [2.05, 4.69) is 33.5 Å². The maximum atomic E-state index is 12.6. The van der Waals surface area contributed by atoms with E-state index >= 15 is 0 Å². The molecular weight excluding hydrogens is 344 g/mol. The summed E-state index contributed by atoms with van der Waals surface area (Å²) in [4.78, 5) is 18.6. The van der Waals surface area contributed by atoms with Crippen molar-refractivity contribution in [3.8, 4) is 11.5 Å². The van der Waals surface area contributed by atoms with Crippen LogP contribution in [0.4, 0.5) is 10.5 Å². The van der Waals surface area contributed by atoms with Crippen molar-refractivity contribution in [2.45, 2.75) is 33.2 Å². The lowest BCUT2D eigenvalue weighted by Crippen LogP contribution is -2.33. The number of rotatable bonds is 3. The highest BCUT2D eigenvalue weighted by Crippen LogP contribution is 2.24. The van der Waals surface area contributed by atoms with Crippen LogP contribution in [0.2, 0.25) is 0 Å². The zero-order chi connectivity index (χ0) is 19.0. The summed E-state index contributed by atoms with van der Waals surface area (Å²) in [6, 6.07) is 9.57. The lowest BCUT2D eigenvalue weighted by Gasteiger charge is -2.18. The van der Waals surface area contributed by atoms with Crippen LogP contribution in [0.15, 0.2) is 34.9 Å². The Bertz CT molecular complexity index is 959. The third-order valence-electron chi connectivity index (χ3n) is 4.75. The third-order valence-corrected chi connectivity index (χ3v) is 4.75. The van der Waals surface area contributed by atoms with Gasteiger partial charge in [-0.05, 0) is 57.5 Å². The van der Waals surface area contributed by atoms with Gasteiger partial charge < -0.3 is 14.7 Å². The molecule has 3 aromatic rings. The van der Waals surface area contributed by atoms with E-state index in [-0.39, 0.29) is 12.1 Å². The maximum absolute atomic E-state index is 12.6. The van der Waals surface area contributed by atoms with Gasteiger partial charge in [-0.3, -0.25) is 4.68 Å². The van der Waals surface area contributed by atoms with Crippen molar-refractivity contribution in [2.24, 2.45) is 0 Å². The van der Waals surface area contributed by atoms with Gasteiger partial charge in [-0.25, -0.2) is 4.79 Å². The van der Waals surface area contributed by atoms with E-state index in [1.165, 1.54) is 0 Å². The molecule has 140 valence electrons. The zero-order valence-corrected chi connectivity index (χ0v) is 15.6. The quantitative estimate of drug-likeness (QED) is 0.768. The number of aromatic nitrogens is 4. The minimum absolute atomic E-state index is 0.0968. The molecule has 0 radical (unpaired) electrons. The molecule has 0 bridgehead atoms. The fourth-order valence-corrected chi connectivity index (χ4v) is 3.45. The summed E-state index contributed by atoms with van der Waals surface area (Å²) in [6.45, 7) is 7.19. The molecule has 2 aromatic heterocycles. The summed E-state index contributed by atoms with van der Waals surface area (Å²) in [5.41, 5.74) is 3.69. The van der Waals surface area contributed by atoms with Gasteiger partial charge in [-0.15, -0.1) is 0 Å². The number of amides is 2. The topological polar surface area (TPSA) is 89.1 Å². The Morgan fingerprint density at radius 1 is 1.22 bits per heavy atom. The first kappa shape index (κ1) is 17.3. The Kier molecular flexibility index (Phi) is 4.39. The molecule has 1 saturated heterocycles. The van der Waals surface area contributed by atoms with Gasteiger partial charge >= 0.3 is 6.03 Å². The van der Waals surface area contributed by atoms with Crippen molar-refractivity contribution in [1.82, 2.24) is 24.8 Å². The van der Waals surface area contributed by atoms with Crippen LogP contribution < -0.4 is 5.32 Å². The van der Waals surface area contributed by atoms with Crippen LogP contribution in [0.3, 0.4) is 0 Å². The minimum atomic E-state index is -0.0968. The SMILES string of the molecule is Cc1cc(C)n(C2CCN(C(=O)Nc3ccc(-c4nc(C)no4)cc3)C2)n1. The fourth-order valence-electron chi connectivity index (χ4n) is 3.45. The molecule has 8 nitrogen and oxygen atoms in total. The van der Waals surface area contributed by atoms with Gasteiger partial charge in [-0.2, -0.15) is 10.1 Å². The molecule has 0 saturated carbocycles. The average molecular weight is 366 g/mol. The van der Waals surface area contributed by atoms with E-state index in [4.69, 9.17) is 4.52 Å². The van der Waals surface area contributed by atoms with Crippen LogP contribution in [0.5, 0.6) is 0 Å². The zero-order valence-electron chi connectivity index (χ0n) is 15.6. The van der Waals surface area contributed by atoms with Crippen molar-refractivity contribution in [3.63, 3.8) is 0 Å². The van der Waals surface area contributed by atoms with E-state index in [1.54, 1.807) is 6.92 Å². The van der Waals surface area contributed by atoms with Crippen molar-refractivity contribution in [3.05, 3.63) is 47.5 Å². The number of nitrogens with zero attached hydrogens (tertiary/aromatic N) is 5. The Morgan fingerprint density at radius 3 is 2.63 bits per heavy atom. The largest absolute Gasteiger partial charge is 0.334 e. The van der Waals surface area contributed by atoms with Crippen molar-refractivity contribution < 1.29 is 9.32 Å². The second-order valence-electron chi connectivity index (χ2n) is 6.91. The number of hydrogen-bond acceptors (Lipinski definition) is 5. The van der Waals surface area contributed by atoms with Gasteiger partial charge in [0.25, 0.3) is 5.89 Å². The average Bonchev–Trinajstić information content (AvgIpc) is 3.35. The maximum Gasteiger partial charge on any atom is 0.321 e. The van der Waals surface area contributed by atoms with E-state index in [1.807, 2.05) is 40.8 Å². The van der Waals surface area contributed by atoms with Crippen LogP contribution in [-0.4, -0.2) is 43.9 Å². The molecule has 1 atom stereocenters. The Balaban J connectivity index is 1.38. The summed E-state index contributed by atoms with van der Waals surface area (Å²) < 4.78 is 7.18. The summed E-state index contributed by atoms with van der Waals surface area (Å²) >= 11 is 0. The summed E-state index contributed by atoms with van der Waals surface area (Å²) in [5, 5.41) is 11.3. The lowest BCUT2D eigenvalue weighted by molar-refractivity contribution is 0.220. The predicted octanol–water partition coefficient (Wildman–Crippen LogP) is 3.34. The Labute approximate surface area is 157 Å². The van der Waals surface area contributed by atoms with Crippen LogP contribution in [-0.2, 0) is 0 Å². The van der Waals surface area contributed by atoms with Crippen LogP contribution in [0, 0.1) is 20.8 Å². The Hall–Kier alpha value is -3.16. The molecule has 27 heavy (non-hydrogen) atoms. The number of aryl methyl sites for hydroxylation is 3. The standard InChI is InChI=1S/C19H22N6O2/c1-12-10-13(2)25(22-12)17-8-9-24(11-17)19(26)21-16-6-4-15(5-7-16)18-20-14(3)23-27-18/h4-7,10,17H,8-9,11H2,1-3H3,(H,21,26).